The standard InChI is InChI=1S/C21H23NO5S/c1-13-6-8-16(9-7-13)19-15(3)21-20(14(2)17(19)12-18(23)24)22-28(25,26)11-5-4-10-27-21/h4-9,22H,10-12H2,1-3H3,(H,23,24)/b5-4-. The molecule has 0 saturated carbocycles. The highest BCUT2D eigenvalue weighted by atomic mass is 32.2. The van der Waals surface area contributed by atoms with Gasteiger partial charge in [-0.3, -0.25) is 9.52 Å². The summed E-state index contributed by atoms with van der Waals surface area (Å²) in [7, 11) is -3.61. The highest BCUT2D eigenvalue weighted by Gasteiger charge is 2.25. The zero-order valence-corrected chi connectivity index (χ0v) is 16.9. The molecule has 0 spiro atoms. The molecular weight excluding hydrogens is 378 g/mol. The Morgan fingerprint density at radius 2 is 1.79 bits per heavy atom. The van der Waals surface area contributed by atoms with Gasteiger partial charge in [-0.25, -0.2) is 8.42 Å². The Morgan fingerprint density at radius 3 is 2.43 bits per heavy atom. The second-order valence-corrected chi connectivity index (χ2v) is 8.68. The summed E-state index contributed by atoms with van der Waals surface area (Å²) in [6, 6.07) is 7.80. The molecule has 1 aliphatic rings. The Kier molecular flexibility index (Phi) is 5.47. The number of ether oxygens (including phenoxy) is 1. The van der Waals surface area contributed by atoms with E-state index in [2.05, 4.69) is 4.72 Å². The van der Waals surface area contributed by atoms with Crippen molar-refractivity contribution in [2.24, 2.45) is 0 Å². The van der Waals surface area contributed by atoms with E-state index in [1.54, 1.807) is 13.0 Å². The second kappa shape index (κ2) is 7.67. The minimum atomic E-state index is -3.61. The number of fused-ring (bicyclic) bond motifs is 1. The number of sulfonamides is 1. The summed E-state index contributed by atoms with van der Waals surface area (Å²) in [6.45, 7) is 5.77. The predicted octanol–water partition coefficient (Wildman–Crippen LogP) is 3.60. The largest absolute Gasteiger partial charge is 0.487 e. The zero-order chi connectivity index (χ0) is 20.5. The minimum Gasteiger partial charge on any atom is -0.487 e. The molecule has 1 aliphatic heterocycles. The second-order valence-electron chi connectivity index (χ2n) is 6.91. The van der Waals surface area contributed by atoms with E-state index in [9.17, 15) is 18.3 Å². The van der Waals surface area contributed by atoms with E-state index >= 15 is 0 Å². The summed E-state index contributed by atoms with van der Waals surface area (Å²) >= 11 is 0. The van der Waals surface area contributed by atoms with Crippen LogP contribution in [-0.2, 0) is 21.2 Å². The van der Waals surface area contributed by atoms with Crippen LogP contribution >= 0.6 is 0 Å². The SMILES string of the molecule is Cc1ccc(-c2c(C)c3c(c(C)c2CC(=O)O)NS(=O)(=O)C/C=C\CO3)cc1. The van der Waals surface area contributed by atoms with E-state index in [-0.39, 0.29) is 18.8 Å². The number of nitrogens with one attached hydrogen (secondary N) is 1. The van der Waals surface area contributed by atoms with Gasteiger partial charge in [-0.1, -0.05) is 42.0 Å². The van der Waals surface area contributed by atoms with Crippen LogP contribution in [0.5, 0.6) is 5.75 Å². The molecule has 2 aromatic rings. The van der Waals surface area contributed by atoms with E-state index in [1.807, 2.05) is 38.1 Å². The van der Waals surface area contributed by atoms with E-state index in [4.69, 9.17) is 4.74 Å². The number of carboxylic acid groups (broad SMARTS) is 1. The molecule has 6 nitrogen and oxygen atoms in total. The van der Waals surface area contributed by atoms with Gasteiger partial charge in [0.15, 0.2) is 0 Å². The number of benzene rings is 2. The smallest absolute Gasteiger partial charge is 0.307 e. The Balaban J connectivity index is 2.33. The van der Waals surface area contributed by atoms with Crippen LogP contribution < -0.4 is 9.46 Å². The number of rotatable bonds is 3. The quantitative estimate of drug-likeness (QED) is 0.767. The maximum Gasteiger partial charge on any atom is 0.307 e. The predicted molar refractivity (Wildman–Crippen MR) is 109 cm³/mol. The van der Waals surface area contributed by atoms with Crippen LogP contribution in [0.3, 0.4) is 0 Å². The maximum absolute atomic E-state index is 12.4. The highest BCUT2D eigenvalue weighted by molar-refractivity contribution is 7.92. The fourth-order valence-electron chi connectivity index (χ4n) is 3.41. The molecule has 0 radical (unpaired) electrons. The highest BCUT2D eigenvalue weighted by Crippen LogP contribution is 2.43. The van der Waals surface area contributed by atoms with Gasteiger partial charge in [-0.05, 0) is 43.0 Å². The third kappa shape index (κ3) is 4.04. The van der Waals surface area contributed by atoms with Gasteiger partial charge in [-0.15, -0.1) is 0 Å². The third-order valence-corrected chi connectivity index (χ3v) is 5.95. The van der Waals surface area contributed by atoms with Gasteiger partial charge >= 0.3 is 5.97 Å². The summed E-state index contributed by atoms with van der Waals surface area (Å²) in [5.74, 6) is -0.718. The minimum absolute atomic E-state index is 0.164. The normalized spacial score (nSPS) is 16.5. The van der Waals surface area contributed by atoms with Crippen molar-refractivity contribution in [1.29, 1.82) is 0 Å². The van der Waals surface area contributed by atoms with Gasteiger partial charge in [-0.2, -0.15) is 0 Å². The molecule has 0 fully saturated rings. The van der Waals surface area contributed by atoms with Crippen LogP contribution in [0.25, 0.3) is 11.1 Å². The first-order chi connectivity index (χ1) is 13.2. The first-order valence-electron chi connectivity index (χ1n) is 8.92. The fraction of sp³-hybridized carbons (Fsp3) is 0.286. The van der Waals surface area contributed by atoms with E-state index in [0.29, 0.717) is 28.1 Å². The fourth-order valence-corrected chi connectivity index (χ4v) is 4.44. The summed E-state index contributed by atoms with van der Waals surface area (Å²) in [5.41, 5.74) is 4.88. The first-order valence-corrected chi connectivity index (χ1v) is 10.6. The van der Waals surface area contributed by atoms with Crippen LogP contribution in [0.4, 0.5) is 5.69 Å². The van der Waals surface area contributed by atoms with Crippen LogP contribution in [0, 0.1) is 20.8 Å². The van der Waals surface area contributed by atoms with Crippen molar-refractivity contribution < 1.29 is 23.1 Å². The molecule has 3 rings (SSSR count). The third-order valence-electron chi connectivity index (χ3n) is 4.80. The lowest BCUT2D eigenvalue weighted by Gasteiger charge is -2.23. The van der Waals surface area contributed by atoms with Crippen LogP contribution in [0.1, 0.15) is 22.3 Å². The molecule has 0 atom stereocenters. The summed E-state index contributed by atoms with van der Waals surface area (Å²) in [5, 5.41) is 9.47. The van der Waals surface area contributed by atoms with E-state index < -0.39 is 16.0 Å². The number of anilines is 1. The Hall–Kier alpha value is -2.80. The van der Waals surface area contributed by atoms with Gasteiger partial charge in [0.2, 0.25) is 10.0 Å². The molecule has 2 N–H and O–H groups in total. The average Bonchev–Trinajstić information content (AvgIpc) is 2.69. The van der Waals surface area contributed by atoms with E-state index in [0.717, 1.165) is 16.7 Å². The van der Waals surface area contributed by atoms with E-state index in [1.165, 1.54) is 6.08 Å². The molecule has 0 bridgehead atoms. The Morgan fingerprint density at radius 1 is 1.11 bits per heavy atom. The van der Waals surface area contributed by atoms with Gasteiger partial charge in [0.05, 0.1) is 17.9 Å². The van der Waals surface area contributed by atoms with Gasteiger partial charge in [0.25, 0.3) is 0 Å². The monoisotopic (exact) mass is 401 g/mol. The van der Waals surface area contributed by atoms with Crippen molar-refractivity contribution >= 4 is 21.7 Å². The lowest BCUT2D eigenvalue weighted by atomic mass is 9.88. The Bertz CT molecular complexity index is 1050. The molecule has 0 saturated heterocycles. The number of hydrogen-bond donors (Lipinski definition) is 2. The zero-order valence-electron chi connectivity index (χ0n) is 16.1. The van der Waals surface area contributed by atoms with Gasteiger partial charge in [0, 0.05) is 5.56 Å². The summed E-state index contributed by atoms with van der Waals surface area (Å²) in [6.07, 6.45) is 2.99. The molecule has 0 aromatic heterocycles. The van der Waals surface area contributed by atoms with Crippen molar-refractivity contribution in [3.63, 3.8) is 0 Å². The number of hydrogen-bond acceptors (Lipinski definition) is 4. The van der Waals surface area contributed by atoms with Crippen molar-refractivity contribution in [3.8, 4) is 16.9 Å². The number of aryl methyl sites for hydroxylation is 1. The number of carboxylic acids is 1. The maximum atomic E-state index is 12.4. The van der Waals surface area contributed by atoms with Gasteiger partial charge < -0.3 is 9.84 Å². The van der Waals surface area contributed by atoms with Crippen LogP contribution in [0.15, 0.2) is 36.4 Å². The van der Waals surface area contributed by atoms with Crippen molar-refractivity contribution in [1.82, 2.24) is 0 Å². The van der Waals surface area contributed by atoms with Crippen molar-refractivity contribution in [2.45, 2.75) is 27.2 Å². The molecule has 0 aliphatic carbocycles. The molecule has 1 heterocycles. The summed E-state index contributed by atoms with van der Waals surface area (Å²) in [4.78, 5) is 11.6. The van der Waals surface area contributed by atoms with Crippen LogP contribution in [0.2, 0.25) is 0 Å². The average molecular weight is 401 g/mol. The van der Waals surface area contributed by atoms with Crippen molar-refractivity contribution in [3.05, 3.63) is 58.7 Å². The summed E-state index contributed by atoms with van der Waals surface area (Å²) < 4.78 is 33.3. The molecule has 7 heteroatoms. The van der Waals surface area contributed by atoms with Gasteiger partial charge in [0.1, 0.15) is 12.4 Å². The van der Waals surface area contributed by atoms with Crippen molar-refractivity contribution in [2.75, 3.05) is 17.1 Å². The number of carbonyl (C=O) groups is 1. The molecule has 0 unspecified atom stereocenters. The first kappa shape index (κ1) is 19.9. The van der Waals surface area contributed by atoms with Crippen LogP contribution in [-0.4, -0.2) is 31.9 Å². The lowest BCUT2D eigenvalue weighted by Crippen LogP contribution is -2.18. The molecule has 2 aromatic carbocycles. The topological polar surface area (TPSA) is 92.7 Å². The lowest BCUT2D eigenvalue weighted by molar-refractivity contribution is -0.136. The molecular formula is C21H23NO5S. The molecule has 0 amide bonds. The molecule has 148 valence electrons. The molecule has 28 heavy (non-hydrogen) atoms. The number of aliphatic carboxylic acids is 1. The Labute approximate surface area is 164 Å².